The normalized spacial score (nSPS) is 11.6. The van der Waals surface area contributed by atoms with Crippen molar-refractivity contribution < 1.29 is 23.4 Å². The van der Waals surface area contributed by atoms with Crippen molar-refractivity contribution in [2.24, 2.45) is 0 Å². The summed E-state index contributed by atoms with van der Waals surface area (Å²) in [7, 11) is 4.51. The van der Waals surface area contributed by atoms with Gasteiger partial charge in [-0.25, -0.2) is 4.39 Å². The monoisotopic (exact) mass is 347 g/mol. The van der Waals surface area contributed by atoms with Gasteiger partial charge in [-0.05, 0) is 42.3 Å². The fourth-order valence-electron chi connectivity index (χ4n) is 2.50. The quantitative estimate of drug-likeness (QED) is 0.835. The lowest BCUT2D eigenvalue weighted by Crippen LogP contribution is -2.28. The van der Waals surface area contributed by atoms with Crippen molar-refractivity contribution in [3.63, 3.8) is 0 Å². The van der Waals surface area contributed by atoms with E-state index in [2.05, 4.69) is 5.32 Å². The molecule has 0 aromatic heterocycles. The van der Waals surface area contributed by atoms with E-state index in [-0.39, 0.29) is 24.1 Å². The summed E-state index contributed by atoms with van der Waals surface area (Å²) in [6.07, 6.45) is 0.184. The number of halogens is 1. The summed E-state index contributed by atoms with van der Waals surface area (Å²) >= 11 is 0. The average molecular weight is 347 g/mol. The van der Waals surface area contributed by atoms with E-state index >= 15 is 0 Å². The summed E-state index contributed by atoms with van der Waals surface area (Å²) in [6.45, 7) is 1.80. The van der Waals surface area contributed by atoms with E-state index in [9.17, 15) is 9.18 Å². The molecule has 5 nitrogen and oxygen atoms in total. The molecule has 0 radical (unpaired) electrons. The standard InChI is InChI=1S/C19H22FNO4/c1-12(14-6-8-16(23-2)15(20)11-14)21-19(22)10-13-5-7-17(24-3)18(9-13)25-4/h5-9,11-12H,10H2,1-4H3,(H,21,22). The molecule has 0 bridgehead atoms. The van der Waals surface area contributed by atoms with Crippen LogP contribution < -0.4 is 19.5 Å². The molecule has 0 spiro atoms. The van der Waals surface area contributed by atoms with Crippen LogP contribution in [0.2, 0.25) is 0 Å². The predicted octanol–water partition coefficient (Wildman–Crippen LogP) is 3.27. The number of carbonyl (C=O) groups is 1. The Morgan fingerprint density at radius 2 is 1.64 bits per heavy atom. The number of hydrogen-bond acceptors (Lipinski definition) is 4. The lowest BCUT2D eigenvalue weighted by Gasteiger charge is -2.16. The Morgan fingerprint density at radius 3 is 2.24 bits per heavy atom. The van der Waals surface area contributed by atoms with Gasteiger partial charge in [-0.1, -0.05) is 12.1 Å². The third kappa shape index (κ3) is 4.62. The summed E-state index contributed by atoms with van der Waals surface area (Å²) in [5.74, 6) is 0.719. The highest BCUT2D eigenvalue weighted by Gasteiger charge is 2.14. The zero-order chi connectivity index (χ0) is 18.4. The summed E-state index contributed by atoms with van der Waals surface area (Å²) < 4.78 is 29.1. The van der Waals surface area contributed by atoms with Crippen LogP contribution >= 0.6 is 0 Å². The second kappa shape index (κ2) is 8.37. The summed E-state index contributed by atoms with van der Waals surface area (Å²) in [4.78, 5) is 12.3. The fourth-order valence-corrected chi connectivity index (χ4v) is 2.50. The molecule has 25 heavy (non-hydrogen) atoms. The van der Waals surface area contributed by atoms with Gasteiger partial charge in [-0.15, -0.1) is 0 Å². The average Bonchev–Trinajstić information content (AvgIpc) is 2.61. The maximum absolute atomic E-state index is 13.8. The minimum atomic E-state index is -0.457. The van der Waals surface area contributed by atoms with Crippen LogP contribution in [0.25, 0.3) is 0 Å². The zero-order valence-electron chi connectivity index (χ0n) is 14.8. The molecule has 0 fully saturated rings. The Kier molecular flexibility index (Phi) is 6.22. The number of amides is 1. The van der Waals surface area contributed by atoms with Crippen molar-refractivity contribution in [3.05, 3.63) is 53.3 Å². The van der Waals surface area contributed by atoms with E-state index in [1.54, 1.807) is 51.5 Å². The molecule has 2 aromatic rings. The molecule has 0 saturated carbocycles. The number of nitrogens with one attached hydrogen (secondary N) is 1. The van der Waals surface area contributed by atoms with Gasteiger partial charge in [-0.2, -0.15) is 0 Å². The van der Waals surface area contributed by atoms with Crippen LogP contribution in [-0.4, -0.2) is 27.2 Å². The highest BCUT2D eigenvalue weighted by molar-refractivity contribution is 5.79. The molecule has 1 unspecified atom stereocenters. The first kappa shape index (κ1) is 18.6. The van der Waals surface area contributed by atoms with Gasteiger partial charge in [0.2, 0.25) is 5.91 Å². The fraction of sp³-hybridized carbons (Fsp3) is 0.316. The summed E-state index contributed by atoms with van der Waals surface area (Å²) in [6, 6.07) is 9.62. The maximum atomic E-state index is 13.8. The van der Waals surface area contributed by atoms with Gasteiger partial charge < -0.3 is 19.5 Å². The maximum Gasteiger partial charge on any atom is 0.224 e. The van der Waals surface area contributed by atoms with E-state index in [0.717, 1.165) is 5.56 Å². The second-order valence-corrected chi connectivity index (χ2v) is 5.55. The van der Waals surface area contributed by atoms with Crippen LogP contribution in [0.1, 0.15) is 24.1 Å². The second-order valence-electron chi connectivity index (χ2n) is 5.55. The molecular formula is C19H22FNO4. The molecule has 0 aliphatic carbocycles. The molecule has 1 atom stereocenters. The van der Waals surface area contributed by atoms with Gasteiger partial charge in [0.25, 0.3) is 0 Å². The minimum absolute atomic E-state index is 0.170. The molecule has 2 aromatic carbocycles. The van der Waals surface area contributed by atoms with Crippen molar-refractivity contribution >= 4 is 5.91 Å². The number of ether oxygens (including phenoxy) is 3. The Balaban J connectivity index is 2.03. The Bertz CT molecular complexity index is 748. The van der Waals surface area contributed by atoms with E-state index < -0.39 is 5.82 Å². The van der Waals surface area contributed by atoms with Crippen LogP contribution in [0.15, 0.2) is 36.4 Å². The van der Waals surface area contributed by atoms with Crippen LogP contribution in [0, 0.1) is 5.82 Å². The van der Waals surface area contributed by atoms with Gasteiger partial charge in [0.05, 0.1) is 33.8 Å². The van der Waals surface area contributed by atoms with Crippen molar-refractivity contribution in [2.75, 3.05) is 21.3 Å². The largest absolute Gasteiger partial charge is 0.494 e. The van der Waals surface area contributed by atoms with E-state index in [0.29, 0.717) is 17.1 Å². The van der Waals surface area contributed by atoms with Gasteiger partial charge in [0.15, 0.2) is 23.1 Å². The zero-order valence-corrected chi connectivity index (χ0v) is 14.8. The molecule has 0 aliphatic rings. The van der Waals surface area contributed by atoms with Crippen molar-refractivity contribution in [3.8, 4) is 17.2 Å². The lowest BCUT2D eigenvalue weighted by atomic mass is 10.1. The number of benzene rings is 2. The molecule has 0 saturated heterocycles. The van der Waals surface area contributed by atoms with E-state index in [1.165, 1.54) is 13.2 Å². The van der Waals surface area contributed by atoms with Gasteiger partial charge in [0, 0.05) is 0 Å². The van der Waals surface area contributed by atoms with Gasteiger partial charge >= 0.3 is 0 Å². The highest BCUT2D eigenvalue weighted by Crippen LogP contribution is 2.28. The van der Waals surface area contributed by atoms with Gasteiger partial charge in [-0.3, -0.25) is 4.79 Å². The highest BCUT2D eigenvalue weighted by atomic mass is 19.1. The molecule has 134 valence electrons. The SMILES string of the molecule is COc1ccc(C(C)NC(=O)Cc2ccc(OC)c(OC)c2)cc1F. The Morgan fingerprint density at radius 1 is 1.00 bits per heavy atom. The predicted molar refractivity (Wildman–Crippen MR) is 92.8 cm³/mol. The third-order valence-electron chi connectivity index (χ3n) is 3.87. The van der Waals surface area contributed by atoms with Crippen LogP contribution in [-0.2, 0) is 11.2 Å². The molecule has 0 aliphatic heterocycles. The number of hydrogen-bond donors (Lipinski definition) is 1. The lowest BCUT2D eigenvalue weighted by molar-refractivity contribution is -0.121. The molecule has 1 amide bonds. The molecular weight excluding hydrogens is 325 g/mol. The summed E-state index contributed by atoms with van der Waals surface area (Å²) in [5.41, 5.74) is 1.46. The van der Waals surface area contributed by atoms with E-state index in [4.69, 9.17) is 14.2 Å². The van der Waals surface area contributed by atoms with E-state index in [1.807, 2.05) is 0 Å². The first-order chi connectivity index (χ1) is 12.0. The van der Waals surface area contributed by atoms with Gasteiger partial charge in [0.1, 0.15) is 0 Å². The number of rotatable bonds is 7. The smallest absolute Gasteiger partial charge is 0.224 e. The van der Waals surface area contributed by atoms with Crippen molar-refractivity contribution in [2.45, 2.75) is 19.4 Å². The number of carbonyl (C=O) groups excluding carboxylic acids is 1. The topological polar surface area (TPSA) is 56.8 Å². The third-order valence-corrected chi connectivity index (χ3v) is 3.87. The first-order valence-corrected chi connectivity index (χ1v) is 7.82. The molecule has 2 rings (SSSR count). The number of methoxy groups -OCH3 is 3. The minimum Gasteiger partial charge on any atom is -0.494 e. The first-order valence-electron chi connectivity index (χ1n) is 7.82. The molecule has 1 N–H and O–H groups in total. The Labute approximate surface area is 146 Å². The molecule has 6 heteroatoms. The van der Waals surface area contributed by atoms with Crippen LogP contribution in [0.5, 0.6) is 17.2 Å². The van der Waals surface area contributed by atoms with Crippen LogP contribution in [0.3, 0.4) is 0 Å². The van der Waals surface area contributed by atoms with Crippen molar-refractivity contribution in [1.82, 2.24) is 5.32 Å². The molecule has 0 heterocycles. The Hall–Kier alpha value is -2.76. The van der Waals surface area contributed by atoms with Crippen LogP contribution in [0.4, 0.5) is 4.39 Å². The summed E-state index contributed by atoms with van der Waals surface area (Å²) in [5, 5.41) is 2.86. The van der Waals surface area contributed by atoms with Crippen molar-refractivity contribution in [1.29, 1.82) is 0 Å².